The van der Waals surface area contributed by atoms with E-state index in [1.165, 1.54) is 5.01 Å². The van der Waals surface area contributed by atoms with E-state index in [0.29, 0.717) is 6.42 Å². The largest absolute Gasteiger partial charge is 0.211 e. The summed E-state index contributed by atoms with van der Waals surface area (Å²) in [7, 11) is 0. The highest BCUT2D eigenvalue weighted by atomic mass is 35.5. The van der Waals surface area contributed by atoms with Crippen LogP contribution in [0.3, 0.4) is 0 Å². The summed E-state index contributed by atoms with van der Waals surface area (Å²) in [4.78, 5) is 10.4. The van der Waals surface area contributed by atoms with Crippen LogP contribution in [0, 0.1) is 4.91 Å². The number of hydrogen-bond donors (Lipinski definition) is 0. The molecule has 1 unspecified atom stereocenters. The fraction of sp³-hybridized carbons (Fsp3) is 0.250. The van der Waals surface area contributed by atoms with Gasteiger partial charge < -0.3 is 0 Å². The third-order valence-corrected chi connectivity index (χ3v) is 2.32. The number of fused-ring (bicyclic) bond motifs is 1. The normalized spacial score (nSPS) is 20.8. The van der Waals surface area contributed by atoms with Crippen molar-refractivity contribution in [3.63, 3.8) is 0 Å². The molecule has 0 bridgehead atoms. The molecule has 1 aromatic rings. The van der Waals surface area contributed by atoms with Gasteiger partial charge >= 0.3 is 0 Å². The zero-order chi connectivity index (χ0) is 8.55. The topological polar surface area (TPSA) is 32.7 Å². The Kier molecular flexibility index (Phi) is 1.73. The quantitative estimate of drug-likeness (QED) is 0.379. The SMILES string of the molecule is O=NN1c2ccccc2CC1Cl. The van der Waals surface area contributed by atoms with E-state index in [1.807, 2.05) is 24.3 Å². The van der Waals surface area contributed by atoms with Gasteiger partial charge in [-0.1, -0.05) is 29.8 Å². The Hall–Kier alpha value is -1.09. The zero-order valence-corrected chi connectivity index (χ0v) is 7.03. The number of rotatable bonds is 1. The molecule has 3 nitrogen and oxygen atoms in total. The average Bonchev–Trinajstić information content (AvgIpc) is 2.40. The maximum atomic E-state index is 10.4. The van der Waals surface area contributed by atoms with Crippen LogP contribution < -0.4 is 5.01 Å². The van der Waals surface area contributed by atoms with Crippen molar-refractivity contribution in [3.8, 4) is 0 Å². The van der Waals surface area contributed by atoms with Crippen LogP contribution in [0.4, 0.5) is 5.69 Å². The first-order chi connectivity index (χ1) is 5.83. The minimum absolute atomic E-state index is 0.320. The van der Waals surface area contributed by atoms with Crippen molar-refractivity contribution < 1.29 is 0 Å². The molecule has 0 amide bonds. The summed E-state index contributed by atoms with van der Waals surface area (Å²) in [6.45, 7) is 0. The van der Waals surface area contributed by atoms with Gasteiger partial charge in [-0.25, -0.2) is 5.01 Å². The van der Waals surface area contributed by atoms with Crippen molar-refractivity contribution in [2.75, 3.05) is 5.01 Å². The number of para-hydroxylation sites is 1. The third-order valence-electron chi connectivity index (χ3n) is 1.98. The molecule has 0 saturated carbocycles. The van der Waals surface area contributed by atoms with E-state index in [0.717, 1.165) is 11.3 Å². The molecule has 0 aromatic heterocycles. The standard InChI is InChI=1S/C8H7ClN2O/c9-8-5-6-3-1-2-4-7(6)11(8)10-12/h1-4,8H,5H2. The van der Waals surface area contributed by atoms with Crippen molar-refractivity contribution in [2.45, 2.75) is 11.9 Å². The summed E-state index contributed by atoms with van der Waals surface area (Å²) >= 11 is 5.88. The smallest absolute Gasteiger partial charge is 0.133 e. The van der Waals surface area contributed by atoms with Crippen LogP contribution >= 0.6 is 11.6 Å². The molecule has 1 atom stereocenters. The Morgan fingerprint density at radius 1 is 1.50 bits per heavy atom. The van der Waals surface area contributed by atoms with Gasteiger partial charge in [0.1, 0.15) is 5.50 Å². The molecule has 1 aromatic carbocycles. The van der Waals surface area contributed by atoms with Gasteiger partial charge in [-0.2, -0.15) is 0 Å². The second kappa shape index (κ2) is 2.75. The van der Waals surface area contributed by atoms with Gasteiger partial charge in [-0.05, 0) is 11.6 Å². The maximum absolute atomic E-state index is 10.4. The Labute approximate surface area is 74.9 Å². The Morgan fingerprint density at radius 3 is 3.00 bits per heavy atom. The summed E-state index contributed by atoms with van der Waals surface area (Å²) in [5, 5.41) is 4.16. The zero-order valence-electron chi connectivity index (χ0n) is 6.27. The molecule has 12 heavy (non-hydrogen) atoms. The summed E-state index contributed by atoms with van der Waals surface area (Å²) < 4.78 is 0. The molecule has 1 aliphatic rings. The van der Waals surface area contributed by atoms with Crippen LogP contribution in [-0.2, 0) is 6.42 Å². The van der Waals surface area contributed by atoms with Gasteiger partial charge in [0.15, 0.2) is 0 Å². The van der Waals surface area contributed by atoms with Crippen molar-refractivity contribution in [2.24, 2.45) is 5.29 Å². The molecule has 62 valence electrons. The van der Waals surface area contributed by atoms with E-state index in [9.17, 15) is 4.91 Å². The van der Waals surface area contributed by atoms with Crippen molar-refractivity contribution in [3.05, 3.63) is 34.7 Å². The summed E-state index contributed by atoms with van der Waals surface area (Å²) in [6, 6.07) is 7.59. The minimum atomic E-state index is -0.320. The predicted octanol–water partition coefficient (Wildman–Crippen LogP) is 2.30. The number of hydrogen-bond acceptors (Lipinski definition) is 2. The third kappa shape index (κ3) is 0.975. The van der Waals surface area contributed by atoms with Crippen molar-refractivity contribution in [1.82, 2.24) is 0 Å². The van der Waals surface area contributed by atoms with Crippen LogP contribution in [-0.4, -0.2) is 5.50 Å². The van der Waals surface area contributed by atoms with Crippen LogP contribution in [0.1, 0.15) is 5.56 Å². The van der Waals surface area contributed by atoms with Crippen LogP contribution in [0.25, 0.3) is 0 Å². The van der Waals surface area contributed by atoms with E-state index >= 15 is 0 Å². The van der Waals surface area contributed by atoms with Gasteiger partial charge in [-0.3, -0.25) is 0 Å². The Bertz CT molecular complexity index is 316. The highest BCUT2D eigenvalue weighted by Crippen LogP contribution is 2.33. The molecule has 0 fully saturated rings. The van der Waals surface area contributed by atoms with Gasteiger partial charge in [0, 0.05) is 6.42 Å². The number of halogens is 1. The van der Waals surface area contributed by atoms with Crippen LogP contribution in [0.2, 0.25) is 0 Å². The minimum Gasteiger partial charge on any atom is -0.211 e. The monoisotopic (exact) mass is 182 g/mol. The second-order valence-corrected chi connectivity index (χ2v) is 3.20. The number of anilines is 1. The molecular formula is C8H7ClN2O. The fourth-order valence-electron chi connectivity index (χ4n) is 1.42. The van der Waals surface area contributed by atoms with Gasteiger partial charge in [0.2, 0.25) is 0 Å². The molecule has 0 aliphatic carbocycles. The van der Waals surface area contributed by atoms with Crippen LogP contribution in [0.15, 0.2) is 29.6 Å². The average molecular weight is 183 g/mol. The lowest BCUT2D eigenvalue weighted by Crippen LogP contribution is -2.19. The van der Waals surface area contributed by atoms with Gasteiger partial charge in [0.25, 0.3) is 0 Å². The second-order valence-electron chi connectivity index (χ2n) is 2.69. The van der Waals surface area contributed by atoms with Gasteiger partial charge in [-0.15, -0.1) is 4.91 Å². The lowest BCUT2D eigenvalue weighted by Gasteiger charge is -2.10. The molecule has 1 heterocycles. The lowest BCUT2D eigenvalue weighted by molar-refractivity contribution is 0.821. The number of nitrogens with zero attached hydrogens (tertiary/aromatic N) is 2. The molecular weight excluding hydrogens is 176 g/mol. The highest BCUT2D eigenvalue weighted by Gasteiger charge is 2.27. The van der Waals surface area contributed by atoms with Gasteiger partial charge in [0.05, 0.1) is 11.0 Å². The van der Waals surface area contributed by atoms with E-state index in [-0.39, 0.29) is 5.50 Å². The lowest BCUT2D eigenvalue weighted by atomic mass is 10.2. The Balaban J connectivity index is 2.47. The summed E-state index contributed by atoms with van der Waals surface area (Å²) in [5.41, 5.74) is 1.59. The van der Waals surface area contributed by atoms with Crippen molar-refractivity contribution >= 4 is 17.3 Å². The number of alkyl halides is 1. The van der Waals surface area contributed by atoms with E-state index in [1.54, 1.807) is 0 Å². The molecule has 0 N–H and O–H groups in total. The van der Waals surface area contributed by atoms with E-state index < -0.39 is 0 Å². The first kappa shape index (κ1) is 7.55. The first-order valence-corrected chi connectivity index (χ1v) is 4.11. The molecule has 2 rings (SSSR count). The number of benzene rings is 1. The first-order valence-electron chi connectivity index (χ1n) is 3.67. The number of nitroso groups, excluding NO2 is 1. The molecule has 0 saturated heterocycles. The molecule has 0 spiro atoms. The Morgan fingerprint density at radius 2 is 2.25 bits per heavy atom. The van der Waals surface area contributed by atoms with E-state index in [4.69, 9.17) is 11.6 Å². The predicted molar refractivity (Wildman–Crippen MR) is 48.1 cm³/mol. The fourth-order valence-corrected chi connectivity index (χ4v) is 1.73. The summed E-state index contributed by atoms with van der Waals surface area (Å²) in [6.07, 6.45) is 0.684. The van der Waals surface area contributed by atoms with Crippen LogP contribution in [0.5, 0.6) is 0 Å². The molecule has 1 aliphatic heterocycles. The maximum Gasteiger partial charge on any atom is 0.133 e. The summed E-state index contributed by atoms with van der Waals surface area (Å²) in [5.74, 6) is 0. The van der Waals surface area contributed by atoms with Crippen molar-refractivity contribution in [1.29, 1.82) is 0 Å². The molecule has 4 heteroatoms. The highest BCUT2D eigenvalue weighted by molar-refractivity contribution is 6.22. The van der Waals surface area contributed by atoms with E-state index in [2.05, 4.69) is 5.29 Å². The molecule has 0 radical (unpaired) electrons.